The zero-order valence-electron chi connectivity index (χ0n) is 15.3. The second kappa shape index (κ2) is 6.93. The van der Waals surface area contributed by atoms with Gasteiger partial charge in [-0.1, -0.05) is 24.3 Å². The summed E-state index contributed by atoms with van der Waals surface area (Å²) in [6.45, 7) is 2.40. The van der Waals surface area contributed by atoms with Gasteiger partial charge in [-0.2, -0.15) is 0 Å². The van der Waals surface area contributed by atoms with Crippen molar-refractivity contribution in [2.24, 2.45) is 0 Å². The molecule has 4 rings (SSSR count). The Hall–Kier alpha value is -3.88. The molecule has 0 saturated carbocycles. The van der Waals surface area contributed by atoms with Gasteiger partial charge >= 0.3 is 23.9 Å². The largest absolute Gasteiger partial charge is 0.456 e. The summed E-state index contributed by atoms with van der Waals surface area (Å²) in [5, 5.41) is 0. The predicted octanol–water partition coefficient (Wildman–Crippen LogP) is 2.94. The van der Waals surface area contributed by atoms with Crippen molar-refractivity contribution in [3.63, 3.8) is 0 Å². The maximum Gasteiger partial charge on any atom is 0.345 e. The van der Waals surface area contributed by atoms with Gasteiger partial charge < -0.3 is 23.7 Å². The number of fused-ring (bicyclic) bond motifs is 2. The summed E-state index contributed by atoms with van der Waals surface area (Å²) < 4.78 is 26.0. The molecule has 9 nitrogen and oxygen atoms in total. The van der Waals surface area contributed by atoms with Crippen LogP contribution in [-0.2, 0) is 28.5 Å². The predicted molar refractivity (Wildman–Crippen MR) is 92.8 cm³/mol. The van der Waals surface area contributed by atoms with Crippen LogP contribution >= 0.6 is 0 Å². The number of benzene rings is 2. The summed E-state index contributed by atoms with van der Waals surface area (Å²) in [6, 6.07) is 9.35. The van der Waals surface area contributed by atoms with E-state index >= 15 is 0 Å². The van der Waals surface area contributed by atoms with Crippen molar-refractivity contribution in [2.45, 2.75) is 26.4 Å². The van der Waals surface area contributed by atoms with Crippen molar-refractivity contribution < 1.29 is 42.9 Å². The third-order valence-electron chi connectivity index (χ3n) is 4.23. The molecule has 0 N–H and O–H groups in total. The lowest BCUT2D eigenvalue weighted by Crippen LogP contribution is -2.07. The third-order valence-corrected chi connectivity index (χ3v) is 4.23. The molecule has 2 aromatic carbocycles. The Labute approximate surface area is 164 Å². The van der Waals surface area contributed by atoms with Gasteiger partial charge in [-0.25, -0.2) is 9.59 Å². The lowest BCUT2D eigenvalue weighted by atomic mass is 10.1. The molecule has 0 bridgehead atoms. The first-order valence-corrected chi connectivity index (χ1v) is 8.55. The first-order valence-electron chi connectivity index (χ1n) is 8.55. The van der Waals surface area contributed by atoms with Crippen molar-refractivity contribution in [3.8, 4) is 11.5 Å². The zero-order chi connectivity index (χ0) is 20.7. The molecule has 2 unspecified atom stereocenters. The molecular formula is C20H14O9. The monoisotopic (exact) mass is 398 g/mol. The summed E-state index contributed by atoms with van der Waals surface area (Å²) in [4.78, 5) is 47.1. The van der Waals surface area contributed by atoms with Crippen LogP contribution in [0.2, 0.25) is 0 Å². The highest BCUT2D eigenvalue weighted by molar-refractivity contribution is 5.99. The standard InChI is InChI=1S/C20H14O9/c1-9(21)25-19-11-5-3-7-13(15(11)17(23)28-19)27-14-8-4-6-12-16(14)18(24)29-20(12)26-10(2)22/h3-8,19-20H,1-2H3. The van der Waals surface area contributed by atoms with Crippen LogP contribution in [0.25, 0.3) is 0 Å². The molecule has 29 heavy (non-hydrogen) atoms. The van der Waals surface area contributed by atoms with E-state index in [0.717, 1.165) is 0 Å². The Bertz CT molecular complexity index is 972. The molecule has 2 atom stereocenters. The Balaban J connectivity index is 1.71. The molecule has 0 aliphatic carbocycles. The number of ether oxygens (including phenoxy) is 5. The summed E-state index contributed by atoms with van der Waals surface area (Å²) in [7, 11) is 0. The minimum atomic E-state index is -1.17. The van der Waals surface area contributed by atoms with Crippen LogP contribution < -0.4 is 4.74 Å². The SMILES string of the molecule is CC(=O)OC1OC(=O)c2c(Oc3cccc4c3C(=O)OC4OC(C)=O)cccc21. The van der Waals surface area contributed by atoms with Crippen molar-refractivity contribution in [2.75, 3.05) is 0 Å². The van der Waals surface area contributed by atoms with E-state index in [4.69, 9.17) is 23.7 Å². The summed E-state index contributed by atoms with van der Waals surface area (Å²) >= 11 is 0. The first-order chi connectivity index (χ1) is 13.8. The second-order valence-electron chi connectivity index (χ2n) is 6.24. The number of carbonyl (C=O) groups excluding carboxylic acids is 4. The number of carbonyl (C=O) groups is 4. The average molecular weight is 398 g/mol. The van der Waals surface area contributed by atoms with Crippen LogP contribution in [0.3, 0.4) is 0 Å². The fraction of sp³-hybridized carbons (Fsp3) is 0.200. The zero-order valence-corrected chi connectivity index (χ0v) is 15.3. The van der Waals surface area contributed by atoms with Crippen LogP contribution in [0.5, 0.6) is 11.5 Å². The maximum atomic E-state index is 12.3. The molecule has 2 heterocycles. The summed E-state index contributed by atoms with van der Waals surface area (Å²) in [5.41, 5.74) is 0.824. The lowest BCUT2D eigenvalue weighted by molar-refractivity contribution is -0.166. The molecule has 0 saturated heterocycles. The highest BCUT2D eigenvalue weighted by Crippen LogP contribution is 2.42. The van der Waals surface area contributed by atoms with Crippen LogP contribution in [0.1, 0.15) is 58.3 Å². The van der Waals surface area contributed by atoms with E-state index < -0.39 is 36.5 Å². The van der Waals surface area contributed by atoms with Crippen molar-refractivity contribution in [1.29, 1.82) is 0 Å². The van der Waals surface area contributed by atoms with Gasteiger partial charge in [0.25, 0.3) is 12.6 Å². The van der Waals surface area contributed by atoms with E-state index in [1.165, 1.54) is 26.0 Å². The van der Waals surface area contributed by atoms with Gasteiger partial charge in [0.05, 0.1) is 11.1 Å². The second-order valence-corrected chi connectivity index (χ2v) is 6.24. The number of esters is 4. The minimum Gasteiger partial charge on any atom is -0.456 e. The Morgan fingerprint density at radius 1 is 0.759 bits per heavy atom. The molecule has 2 aliphatic heterocycles. The molecule has 0 spiro atoms. The molecule has 0 amide bonds. The number of cyclic esters (lactones) is 2. The van der Waals surface area contributed by atoms with E-state index in [9.17, 15) is 19.2 Å². The van der Waals surface area contributed by atoms with E-state index in [1.54, 1.807) is 24.3 Å². The van der Waals surface area contributed by atoms with Crippen molar-refractivity contribution in [1.82, 2.24) is 0 Å². The van der Waals surface area contributed by atoms with Gasteiger partial charge in [0.15, 0.2) is 0 Å². The lowest BCUT2D eigenvalue weighted by Gasteiger charge is -2.12. The fourth-order valence-electron chi connectivity index (χ4n) is 3.13. The Morgan fingerprint density at radius 2 is 1.17 bits per heavy atom. The number of hydrogen-bond acceptors (Lipinski definition) is 9. The smallest absolute Gasteiger partial charge is 0.345 e. The number of hydrogen-bond donors (Lipinski definition) is 0. The van der Waals surface area contributed by atoms with E-state index in [-0.39, 0.29) is 22.6 Å². The summed E-state index contributed by atoms with van der Waals surface area (Å²) in [5.74, 6) is -2.45. The van der Waals surface area contributed by atoms with Crippen molar-refractivity contribution in [3.05, 3.63) is 58.7 Å². The first kappa shape index (κ1) is 18.5. The van der Waals surface area contributed by atoms with Crippen LogP contribution in [0.4, 0.5) is 0 Å². The fourth-order valence-corrected chi connectivity index (χ4v) is 3.13. The summed E-state index contributed by atoms with van der Waals surface area (Å²) in [6.07, 6.45) is -2.34. The van der Waals surface area contributed by atoms with Gasteiger partial charge in [0.1, 0.15) is 22.6 Å². The quantitative estimate of drug-likeness (QED) is 0.717. The molecule has 0 fully saturated rings. The van der Waals surface area contributed by atoms with Crippen LogP contribution in [0, 0.1) is 0 Å². The molecule has 9 heteroatoms. The molecule has 148 valence electrons. The molecule has 0 aromatic heterocycles. The van der Waals surface area contributed by atoms with Gasteiger partial charge in [-0.05, 0) is 12.1 Å². The average Bonchev–Trinajstić information content (AvgIpc) is 3.13. The van der Waals surface area contributed by atoms with E-state index in [1.807, 2.05) is 0 Å². The van der Waals surface area contributed by atoms with Crippen LogP contribution in [-0.4, -0.2) is 23.9 Å². The molecule has 0 radical (unpaired) electrons. The van der Waals surface area contributed by atoms with Gasteiger partial charge in [-0.3, -0.25) is 9.59 Å². The highest BCUT2D eigenvalue weighted by atomic mass is 16.7. The number of rotatable bonds is 4. The minimum absolute atomic E-state index is 0.0826. The molecule has 2 aromatic rings. The molecular weight excluding hydrogens is 384 g/mol. The topological polar surface area (TPSA) is 114 Å². The Kier molecular flexibility index (Phi) is 4.42. The van der Waals surface area contributed by atoms with Gasteiger partial charge in [0.2, 0.25) is 0 Å². The van der Waals surface area contributed by atoms with Crippen molar-refractivity contribution >= 4 is 23.9 Å². The Morgan fingerprint density at radius 3 is 1.55 bits per heavy atom. The normalized spacial score (nSPS) is 19.0. The van der Waals surface area contributed by atoms with E-state index in [2.05, 4.69) is 0 Å². The third kappa shape index (κ3) is 3.27. The van der Waals surface area contributed by atoms with Gasteiger partial charge in [-0.15, -0.1) is 0 Å². The molecule has 2 aliphatic rings. The van der Waals surface area contributed by atoms with Crippen LogP contribution in [0.15, 0.2) is 36.4 Å². The van der Waals surface area contributed by atoms with Gasteiger partial charge in [0, 0.05) is 13.8 Å². The maximum absolute atomic E-state index is 12.3. The van der Waals surface area contributed by atoms with E-state index in [0.29, 0.717) is 11.1 Å². The highest BCUT2D eigenvalue weighted by Gasteiger charge is 2.39.